The number of amides is 1. The first-order chi connectivity index (χ1) is 9.56. The Labute approximate surface area is 115 Å². The molecule has 0 bridgehead atoms. The molecule has 0 saturated heterocycles. The van der Waals surface area contributed by atoms with E-state index in [0.29, 0.717) is 6.54 Å². The van der Waals surface area contributed by atoms with Crippen molar-refractivity contribution in [3.8, 4) is 0 Å². The van der Waals surface area contributed by atoms with Gasteiger partial charge in [-0.25, -0.2) is 9.97 Å². The molecule has 0 aliphatic carbocycles. The highest BCUT2D eigenvalue weighted by Gasteiger charge is 2.24. The van der Waals surface area contributed by atoms with Crippen molar-refractivity contribution in [3.05, 3.63) is 41.5 Å². The van der Waals surface area contributed by atoms with Gasteiger partial charge in [0.1, 0.15) is 0 Å². The lowest BCUT2D eigenvalue weighted by Crippen LogP contribution is -2.31. The van der Waals surface area contributed by atoms with Gasteiger partial charge in [-0.15, -0.1) is 0 Å². The third-order valence-electron chi connectivity index (χ3n) is 3.55. The molecular formula is C13H14FN5O. The normalized spacial score (nSPS) is 14.2. The topological polar surface area (TPSA) is 77.0 Å². The second-order valence-corrected chi connectivity index (χ2v) is 4.76. The molecule has 3 heterocycles. The Morgan fingerprint density at radius 3 is 3.00 bits per heavy atom. The van der Waals surface area contributed by atoms with Crippen molar-refractivity contribution in [2.45, 2.75) is 13.0 Å². The number of nitrogens with zero attached hydrogens (tertiary/aromatic N) is 4. The molecule has 1 amide bonds. The summed E-state index contributed by atoms with van der Waals surface area (Å²) >= 11 is 0. The van der Waals surface area contributed by atoms with Crippen molar-refractivity contribution in [3.63, 3.8) is 0 Å². The number of imidazole rings is 1. The highest BCUT2D eigenvalue weighted by molar-refractivity contribution is 5.89. The molecule has 7 heteroatoms. The van der Waals surface area contributed by atoms with Crippen LogP contribution in [0.1, 0.15) is 22.0 Å². The molecule has 0 saturated carbocycles. The van der Waals surface area contributed by atoms with Crippen molar-refractivity contribution in [1.29, 1.82) is 0 Å². The molecular weight excluding hydrogens is 261 g/mol. The smallest absolute Gasteiger partial charge is 0.284 e. The van der Waals surface area contributed by atoms with E-state index in [1.54, 1.807) is 17.7 Å². The van der Waals surface area contributed by atoms with Crippen molar-refractivity contribution in [2.24, 2.45) is 12.8 Å². The van der Waals surface area contributed by atoms with E-state index in [4.69, 9.17) is 5.73 Å². The monoisotopic (exact) mass is 275 g/mol. The van der Waals surface area contributed by atoms with Crippen LogP contribution >= 0.6 is 0 Å². The Balaban J connectivity index is 1.92. The van der Waals surface area contributed by atoms with Crippen LogP contribution in [-0.4, -0.2) is 27.0 Å². The first-order valence-electron chi connectivity index (χ1n) is 6.27. The molecule has 0 aromatic carbocycles. The molecule has 1 aliphatic rings. The van der Waals surface area contributed by atoms with Gasteiger partial charge in [-0.05, 0) is 6.07 Å². The maximum Gasteiger partial charge on any atom is 0.284 e. The third kappa shape index (κ3) is 2.01. The zero-order valence-corrected chi connectivity index (χ0v) is 11.0. The number of fused-ring (bicyclic) bond motifs is 1. The largest absolute Gasteiger partial charge is 0.365 e. The fourth-order valence-corrected chi connectivity index (χ4v) is 2.56. The standard InChI is InChI=1S/C13H14FN5O/c1-18-10-3-5-19(8-2-4-16-11(14)6-8)7-9(10)17-13(18)12(15)20/h2,4,6H,3,5,7H2,1H3,(H2,15,20). The van der Waals surface area contributed by atoms with Crippen LogP contribution in [0.3, 0.4) is 0 Å². The summed E-state index contributed by atoms with van der Waals surface area (Å²) in [6.45, 7) is 1.26. The lowest BCUT2D eigenvalue weighted by atomic mass is 10.1. The summed E-state index contributed by atoms with van der Waals surface area (Å²) in [4.78, 5) is 21.1. The predicted octanol–water partition coefficient (Wildman–Crippen LogP) is 0.616. The highest BCUT2D eigenvalue weighted by Crippen LogP contribution is 2.24. The van der Waals surface area contributed by atoms with Crippen molar-refractivity contribution in [1.82, 2.24) is 14.5 Å². The molecule has 0 fully saturated rings. The van der Waals surface area contributed by atoms with E-state index in [1.807, 2.05) is 4.90 Å². The van der Waals surface area contributed by atoms with Crippen LogP contribution in [0.25, 0.3) is 0 Å². The fraction of sp³-hybridized carbons (Fsp3) is 0.308. The molecule has 0 unspecified atom stereocenters. The molecule has 6 nitrogen and oxygen atoms in total. The quantitative estimate of drug-likeness (QED) is 0.815. The summed E-state index contributed by atoms with van der Waals surface area (Å²) in [6.07, 6.45) is 2.17. The van der Waals surface area contributed by atoms with Gasteiger partial charge in [0.25, 0.3) is 5.91 Å². The number of hydrogen-bond donors (Lipinski definition) is 1. The number of aromatic nitrogens is 3. The lowest BCUT2D eigenvalue weighted by molar-refractivity contribution is 0.0987. The Morgan fingerprint density at radius 2 is 2.30 bits per heavy atom. The molecule has 2 aromatic heterocycles. The maximum atomic E-state index is 13.2. The van der Waals surface area contributed by atoms with Gasteiger partial charge < -0.3 is 15.2 Å². The molecule has 0 atom stereocenters. The number of nitrogens with two attached hydrogens (primary N) is 1. The van der Waals surface area contributed by atoms with Crippen molar-refractivity contribution >= 4 is 11.6 Å². The highest BCUT2D eigenvalue weighted by atomic mass is 19.1. The lowest BCUT2D eigenvalue weighted by Gasteiger charge is -2.28. The van der Waals surface area contributed by atoms with Gasteiger partial charge in [-0.3, -0.25) is 4.79 Å². The summed E-state index contributed by atoms with van der Waals surface area (Å²) in [5, 5.41) is 0. The second kappa shape index (κ2) is 4.59. The summed E-state index contributed by atoms with van der Waals surface area (Å²) < 4.78 is 14.9. The summed E-state index contributed by atoms with van der Waals surface area (Å²) in [5.41, 5.74) is 7.87. The van der Waals surface area contributed by atoms with Gasteiger partial charge in [-0.1, -0.05) is 0 Å². The van der Waals surface area contributed by atoms with Gasteiger partial charge >= 0.3 is 0 Å². The van der Waals surface area contributed by atoms with Crippen LogP contribution in [0.15, 0.2) is 18.3 Å². The van der Waals surface area contributed by atoms with Crippen molar-refractivity contribution in [2.75, 3.05) is 11.4 Å². The van der Waals surface area contributed by atoms with E-state index in [2.05, 4.69) is 9.97 Å². The number of primary amides is 1. The second-order valence-electron chi connectivity index (χ2n) is 4.76. The molecule has 0 spiro atoms. The third-order valence-corrected chi connectivity index (χ3v) is 3.55. The summed E-state index contributed by atoms with van der Waals surface area (Å²) in [5.74, 6) is -0.784. The van der Waals surface area contributed by atoms with Crippen LogP contribution in [0.5, 0.6) is 0 Å². The van der Waals surface area contributed by atoms with Crippen LogP contribution < -0.4 is 10.6 Å². The summed E-state index contributed by atoms with van der Waals surface area (Å²) in [7, 11) is 1.79. The number of carbonyl (C=O) groups excluding carboxylic acids is 1. The van der Waals surface area contributed by atoms with Gasteiger partial charge in [-0.2, -0.15) is 4.39 Å². The molecule has 2 aromatic rings. The molecule has 1 aliphatic heterocycles. The van der Waals surface area contributed by atoms with Crippen LogP contribution in [0.2, 0.25) is 0 Å². The number of anilines is 1. The predicted molar refractivity (Wildman–Crippen MR) is 70.7 cm³/mol. The molecule has 104 valence electrons. The van der Waals surface area contributed by atoms with Crippen molar-refractivity contribution < 1.29 is 9.18 Å². The SMILES string of the molecule is Cn1c(C(N)=O)nc2c1CCN(c1ccnc(F)c1)C2. The van der Waals surface area contributed by atoms with Gasteiger partial charge in [0.15, 0.2) is 5.82 Å². The maximum absolute atomic E-state index is 13.2. The first kappa shape index (κ1) is 12.6. The average molecular weight is 275 g/mol. The van der Waals surface area contributed by atoms with Crippen LogP contribution in [0, 0.1) is 5.95 Å². The van der Waals surface area contributed by atoms with E-state index in [1.165, 1.54) is 12.3 Å². The number of hydrogen-bond acceptors (Lipinski definition) is 4. The average Bonchev–Trinajstić information content (AvgIpc) is 2.76. The Morgan fingerprint density at radius 1 is 1.50 bits per heavy atom. The number of rotatable bonds is 2. The number of carbonyl (C=O) groups is 1. The Bertz CT molecular complexity index is 681. The number of pyridine rings is 1. The first-order valence-corrected chi connectivity index (χ1v) is 6.27. The number of halogens is 1. The Hall–Kier alpha value is -2.44. The van der Waals surface area contributed by atoms with Gasteiger partial charge in [0.05, 0.1) is 12.2 Å². The minimum absolute atomic E-state index is 0.262. The zero-order chi connectivity index (χ0) is 14.3. The van der Waals surface area contributed by atoms with E-state index in [-0.39, 0.29) is 5.82 Å². The minimum Gasteiger partial charge on any atom is -0.365 e. The fourth-order valence-electron chi connectivity index (χ4n) is 2.56. The molecule has 0 radical (unpaired) electrons. The summed E-state index contributed by atoms with van der Waals surface area (Å²) in [6, 6.07) is 3.15. The molecule has 20 heavy (non-hydrogen) atoms. The molecule has 3 rings (SSSR count). The van der Waals surface area contributed by atoms with Gasteiger partial charge in [0.2, 0.25) is 5.95 Å². The zero-order valence-electron chi connectivity index (χ0n) is 11.0. The van der Waals surface area contributed by atoms with E-state index in [0.717, 1.165) is 30.0 Å². The van der Waals surface area contributed by atoms with Gasteiger partial charge in [0, 0.05) is 43.7 Å². The van der Waals surface area contributed by atoms with Crippen LogP contribution in [-0.2, 0) is 20.0 Å². The minimum atomic E-state index is -0.539. The van der Waals surface area contributed by atoms with E-state index < -0.39 is 11.9 Å². The van der Waals surface area contributed by atoms with E-state index >= 15 is 0 Å². The van der Waals surface area contributed by atoms with E-state index in [9.17, 15) is 9.18 Å². The van der Waals surface area contributed by atoms with Crippen LogP contribution in [0.4, 0.5) is 10.1 Å². The Kier molecular flexibility index (Phi) is 2.89. The molecule has 2 N–H and O–H groups in total.